The minimum atomic E-state index is -0.199. The lowest BCUT2D eigenvalue weighted by Crippen LogP contribution is -2.24. The summed E-state index contributed by atoms with van der Waals surface area (Å²) in [7, 11) is 0. The average Bonchev–Trinajstić information content (AvgIpc) is 2.43. The fraction of sp³-hybridized carbons (Fsp3) is 0.800. The van der Waals surface area contributed by atoms with Crippen LogP contribution in [0.25, 0.3) is 0 Å². The molecule has 0 aromatic heterocycles. The number of carbonyl (C=O) groups is 2. The number of rotatable bonds is 0. The second-order valence-corrected chi connectivity index (χ2v) is 3.94. The van der Waals surface area contributed by atoms with Crippen molar-refractivity contribution in [1.82, 2.24) is 0 Å². The number of carbonyl (C=O) groups excluding carboxylic acids is 2. The summed E-state index contributed by atoms with van der Waals surface area (Å²) in [6, 6.07) is 0. The molecule has 2 bridgehead atoms. The van der Waals surface area contributed by atoms with Crippen LogP contribution in [-0.4, -0.2) is 11.6 Å². The van der Waals surface area contributed by atoms with Gasteiger partial charge in [0.2, 0.25) is 0 Å². The van der Waals surface area contributed by atoms with Gasteiger partial charge >= 0.3 is 0 Å². The molecule has 0 heterocycles. The lowest BCUT2D eigenvalue weighted by atomic mass is 9.89. The van der Waals surface area contributed by atoms with E-state index >= 15 is 0 Å². The van der Waals surface area contributed by atoms with Crippen molar-refractivity contribution < 1.29 is 9.59 Å². The highest BCUT2D eigenvalue weighted by Gasteiger charge is 2.38. The van der Waals surface area contributed by atoms with Crippen LogP contribution in [0.2, 0.25) is 0 Å². The Kier molecular flexibility index (Phi) is 1.99. The SMILES string of the molecule is O=C1CCCCC2CCC1C2=O. The molecule has 0 aliphatic heterocycles. The molecule has 0 aromatic carbocycles. The van der Waals surface area contributed by atoms with Gasteiger partial charge in [0.25, 0.3) is 0 Å². The molecule has 2 aliphatic rings. The Hall–Kier alpha value is -0.660. The van der Waals surface area contributed by atoms with Crippen LogP contribution in [0.1, 0.15) is 38.5 Å². The Morgan fingerprint density at radius 2 is 1.83 bits per heavy atom. The van der Waals surface area contributed by atoms with Crippen molar-refractivity contribution in [2.75, 3.05) is 0 Å². The summed E-state index contributed by atoms with van der Waals surface area (Å²) in [5.41, 5.74) is 0. The smallest absolute Gasteiger partial charge is 0.146 e. The van der Waals surface area contributed by atoms with E-state index < -0.39 is 0 Å². The van der Waals surface area contributed by atoms with Gasteiger partial charge < -0.3 is 0 Å². The normalized spacial score (nSPS) is 36.3. The van der Waals surface area contributed by atoms with E-state index in [0.29, 0.717) is 6.42 Å². The molecule has 2 rings (SSSR count). The van der Waals surface area contributed by atoms with Crippen LogP contribution in [0, 0.1) is 11.8 Å². The highest BCUT2D eigenvalue weighted by molar-refractivity contribution is 6.04. The number of hydrogen-bond acceptors (Lipinski definition) is 2. The largest absolute Gasteiger partial charge is 0.299 e. The van der Waals surface area contributed by atoms with Crippen molar-refractivity contribution in [2.24, 2.45) is 11.8 Å². The monoisotopic (exact) mass is 166 g/mol. The van der Waals surface area contributed by atoms with Gasteiger partial charge in [0.05, 0.1) is 5.92 Å². The molecule has 0 spiro atoms. The standard InChI is InChI=1S/C10H14O2/c11-9-4-2-1-3-7-5-6-8(9)10(7)12/h7-8H,1-6H2. The number of ketones is 2. The Bertz CT molecular complexity index is 220. The first-order chi connectivity index (χ1) is 5.79. The van der Waals surface area contributed by atoms with Gasteiger partial charge in [-0.15, -0.1) is 0 Å². The third-order valence-electron chi connectivity index (χ3n) is 3.16. The van der Waals surface area contributed by atoms with Crippen LogP contribution in [0.4, 0.5) is 0 Å². The van der Waals surface area contributed by atoms with Crippen molar-refractivity contribution in [3.8, 4) is 0 Å². The van der Waals surface area contributed by atoms with Gasteiger partial charge in [0, 0.05) is 12.3 Å². The summed E-state index contributed by atoms with van der Waals surface area (Å²) in [4.78, 5) is 23.0. The molecule has 0 radical (unpaired) electrons. The first kappa shape index (κ1) is 7.96. The number of hydrogen-bond donors (Lipinski definition) is 0. The highest BCUT2D eigenvalue weighted by atomic mass is 16.2. The predicted octanol–water partition coefficient (Wildman–Crippen LogP) is 1.72. The van der Waals surface area contributed by atoms with Crippen LogP contribution in [0.5, 0.6) is 0 Å². The van der Waals surface area contributed by atoms with Crippen LogP contribution in [0.15, 0.2) is 0 Å². The zero-order valence-electron chi connectivity index (χ0n) is 7.21. The van der Waals surface area contributed by atoms with Gasteiger partial charge in [-0.25, -0.2) is 0 Å². The molecular formula is C10H14O2. The van der Waals surface area contributed by atoms with E-state index in [1.807, 2.05) is 0 Å². The lowest BCUT2D eigenvalue weighted by Gasteiger charge is -2.13. The maximum Gasteiger partial charge on any atom is 0.146 e. The molecule has 2 saturated carbocycles. The van der Waals surface area contributed by atoms with Crippen LogP contribution in [-0.2, 0) is 9.59 Å². The van der Waals surface area contributed by atoms with Crippen molar-refractivity contribution >= 4 is 11.6 Å². The minimum Gasteiger partial charge on any atom is -0.299 e. The van der Waals surface area contributed by atoms with Crippen LogP contribution >= 0.6 is 0 Å². The van der Waals surface area contributed by atoms with Gasteiger partial charge in [0.15, 0.2) is 0 Å². The molecule has 66 valence electrons. The highest BCUT2D eigenvalue weighted by Crippen LogP contribution is 2.34. The van der Waals surface area contributed by atoms with E-state index in [-0.39, 0.29) is 23.4 Å². The summed E-state index contributed by atoms with van der Waals surface area (Å²) in [5, 5.41) is 0. The molecule has 2 nitrogen and oxygen atoms in total. The molecule has 2 atom stereocenters. The fourth-order valence-electron chi connectivity index (χ4n) is 2.41. The molecule has 2 unspecified atom stereocenters. The number of Topliss-reactive ketones (excluding diaryl/α,β-unsaturated/α-hetero) is 2. The van der Waals surface area contributed by atoms with Crippen molar-refractivity contribution in [3.05, 3.63) is 0 Å². The van der Waals surface area contributed by atoms with E-state index in [1.54, 1.807) is 0 Å². The van der Waals surface area contributed by atoms with E-state index in [9.17, 15) is 9.59 Å². The average molecular weight is 166 g/mol. The van der Waals surface area contributed by atoms with E-state index in [4.69, 9.17) is 0 Å². The quantitative estimate of drug-likeness (QED) is 0.513. The third-order valence-corrected chi connectivity index (χ3v) is 3.16. The molecule has 2 fully saturated rings. The van der Waals surface area contributed by atoms with Gasteiger partial charge in [-0.2, -0.15) is 0 Å². The van der Waals surface area contributed by atoms with E-state index in [0.717, 1.165) is 32.1 Å². The maximum absolute atomic E-state index is 11.5. The zero-order chi connectivity index (χ0) is 8.55. The molecule has 0 amide bonds. The lowest BCUT2D eigenvalue weighted by molar-refractivity contribution is -0.133. The summed E-state index contributed by atoms with van der Waals surface area (Å²) < 4.78 is 0. The van der Waals surface area contributed by atoms with Gasteiger partial charge in [-0.05, 0) is 25.7 Å². The summed E-state index contributed by atoms with van der Waals surface area (Å²) in [5.74, 6) is 0.497. The third kappa shape index (κ3) is 1.19. The zero-order valence-corrected chi connectivity index (χ0v) is 7.21. The van der Waals surface area contributed by atoms with Gasteiger partial charge in [-0.3, -0.25) is 9.59 Å². The molecular weight excluding hydrogens is 152 g/mol. The molecule has 0 N–H and O–H groups in total. The molecule has 2 heteroatoms. The van der Waals surface area contributed by atoms with Gasteiger partial charge in [-0.1, -0.05) is 6.42 Å². The van der Waals surface area contributed by atoms with E-state index in [2.05, 4.69) is 0 Å². The number of fused-ring (bicyclic) bond motifs is 2. The molecule has 12 heavy (non-hydrogen) atoms. The van der Waals surface area contributed by atoms with Gasteiger partial charge in [0.1, 0.15) is 11.6 Å². The molecule has 0 aromatic rings. The van der Waals surface area contributed by atoms with Crippen molar-refractivity contribution in [2.45, 2.75) is 38.5 Å². The van der Waals surface area contributed by atoms with Crippen molar-refractivity contribution in [3.63, 3.8) is 0 Å². The Labute approximate surface area is 72.3 Å². The van der Waals surface area contributed by atoms with Crippen molar-refractivity contribution in [1.29, 1.82) is 0 Å². The maximum atomic E-state index is 11.5. The molecule has 0 saturated heterocycles. The Balaban J connectivity index is 2.18. The Morgan fingerprint density at radius 3 is 2.67 bits per heavy atom. The summed E-state index contributed by atoms with van der Waals surface area (Å²) in [6.45, 7) is 0. The summed E-state index contributed by atoms with van der Waals surface area (Å²) in [6.07, 6.45) is 5.54. The second kappa shape index (κ2) is 3.00. The minimum absolute atomic E-state index is 0.199. The first-order valence-corrected chi connectivity index (χ1v) is 4.85. The summed E-state index contributed by atoms with van der Waals surface area (Å²) >= 11 is 0. The molecule has 2 aliphatic carbocycles. The van der Waals surface area contributed by atoms with E-state index in [1.165, 1.54) is 0 Å². The second-order valence-electron chi connectivity index (χ2n) is 3.94. The van der Waals surface area contributed by atoms with Crippen LogP contribution < -0.4 is 0 Å². The van der Waals surface area contributed by atoms with Crippen LogP contribution in [0.3, 0.4) is 0 Å². The fourth-order valence-corrected chi connectivity index (χ4v) is 2.41. The topological polar surface area (TPSA) is 34.1 Å². The Morgan fingerprint density at radius 1 is 1.00 bits per heavy atom. The predicted molar refractivity (Wildman–Crippen MR) is 44.7 cm³/mol. The first-order valence-electron chi connectivity index (χ1n) is 4.85.